The Hall–Kier alpha value is -0.750. The lowest BCUT2D eigenvalue weighted by Crippen LogP contribution is -2.28. The van der Waals surface area contributed by atoms with E-state index in [1.165, 1.54) is 24.3 Å². The third-order valence-electron chi connectivity index (χ3n) is 2.82. The van der Waals surface area contributed by atoms with E-state index in [4.69, 9.17) is 34.8 Å². The van der Waals surface area contributed by atoms with Gasteiger partial charge in [0.15, 0.2) is 5.03 Å². The maximum absolute atomic E-state index is 12.5. The molecule has 0 aliphatic heterocycles. The third-order valence-corrected chi connectivity index (χ3v) is 5.42. The van der Waals surface area contributed by atoms with Gasteiger partial charge in [-0.2, -0.15) is 0 Å². The van der Waals surface area contributed by atoms with Crippen molar-refractivity contribution < 1.29 is 13.2 Å². The maximum atomic E-state index is 12.5. The molecule has 0 fully saturated rings. The number of hydrogen-bond acceptors (Lipinski definition) is 3. The smallest absolute Gasteiger partial charge is 0.224 e. The van der Waals surface area contributed by atoms with Crippen molar-refractivity contribution in [1.82, 2.24) is 5.32 Å². The van der Waals surface area contributed by atoms with Crippen LogP contribution in [-0.2, 0) is 14.6 Å². The van der Waals surface area contributed by atoms with E-state index in [2.05, 4.69) is 5.32 Å². The van der Waals surface area contributed by atoms with Gasteiger partial charge in [0.1, 0.15) is 4.49 Å². The summed E-state index contributed by atoms with van der Waals surface area (Å²) in [6.45, 7) is 2.00. The van der Waals surface area contributed by atoms with Crippen LogP contribution in [0.25, 0.3) is 0 Å². The van der Waals surface area contributed by atoms with Gasteiger partial charge in [-0.3, -0.25) is 4.79 Å². The molecule has 1 N–H and O–H groups in total. The molecule has 0 aliphatic rings. The van der Waals surface area contributed by atoms with E-state index in [-0.39, 0.29) is 11.3 Å². The van der Waals surface area contributed by atoms with Crippen LogP contribution in [0.15, 0.2) is 38.7 Å². The Balaban J connectivity index is 2.99. The second-order valence-electron chi connectivity index (χ2n) is 4.55. The average Bonchev–Trinajstić information content (AvgIpc) is 2.45. The summed E-state index contributed by atoms with van der Waals surface area (Å²) in [5, 5.41) is 2.16. The number of halogens is 3. The Kier molecular flexibility index (Phi) is 7.69. The maximum Gasteiger partial charge on any atom is 0.224 e. The number of nitrogens with one attached hydrogen (secondary N) is 1. The van der Waals surface area contributed by atoms with Gasteiger partial charge in [-0.15, -0.1) is 0 Å². The Bertz CT molecular complexity index is 650. The van der Waals surface area contributed by atoms with Crippen LogP contribution in [0, 0.1) is 0 Å². The summed E-state index contributed by atoms with van der Waals surface area (Å²) in [6.07, 6.45) is 2.70. The summed E-state index contributed by atoms with van der Waals surface area (Å²) in [5.74, 6) is -0.445. The van der Waals surface area contributed by atoms with Crippen LogP contribution in [0.3, 0.4) is 0 Å². The highest BCUT2D eigenvalue weighted by molar-refractivity contribution is 7.95. The van der Waals surface area contributed by atoms with Crippen molar-refractivity contribution >= 4 is 50.5 Å². The highest BCUT2D eigenvalue weighted by Gasteiger charge is 2.25. The molecule has 0 heterocycles. The molecule has 1 amide bonds. The number of unbranched alkanes of at least 4 members (excludes halogenated alkanes) is 2. The fourth-order valence-corrected chi connectivity index (χ4v) is 3.68. The molecule has 22 heavy (non-hydrogen) atoms. The normalized spacial score (nSPS) is 11.1. The first kappa shape index (κ1) is 19.3. The summed E-state index contributed by atoms with van der Waals surface area (Å²) in [4.78, 5) is 11.8. The Morgan fingerprint density at radius 3 is 2.23 bits per heavy atom. The van der Waals surface area contributed by atoms with Gasteiger partial charge in [0.2, 0.25) is 15.7 Å². The van der Waals surface area contributed by atoms with Crippen molar-refractivity contribution in [3.63, 3.8) is 0 Å². The van der Waals surface area contributed by atoms with E-state index in [0.29, 0.717) is 11.4 Å². The predicted octanol–water partition coefficient (Wildman–Crippen LogP) is 4.41. The molecule has 0 atom stereocenters. The fraction of sp³-hybridized carbons (Fsp3) is 0.357. The second-order valence-corrected chi connectivity index (χ2v) is 7.82. The van der Waals surface area contributed by atoms with Crippen LogP contribution < -0.4 is 5.32 Å². The number of hydrogen-bond donors (Lipinski definition) is 1. The Labute approximate surface area is 145 Å². The molecule has 1 aromatic carbocycles. The molecule has 1 aromatic rings. The lowest BCUT2D eigenvalue weighted by Gasteiger charge is -2.11. The van der Waals surface area contributed by atoms with Gasteiger partial charge >= 0.3 is 0 Å². The molecule has 1 rings (SSSR count). The van der Waals surface area contributed by atoms with Gasteiger partial charge in [0, 0.05) is 11.4 Å². The molecule has 122 valence electrons. The minimum Gasteiger partial charge on any atom is -0.314 e. The minimum absolute atomic E-state index is 0.0560. The zero-order valence-corrected chi connectivity index (χ0v) is 15.0. The van der Waals surface area contributed by atoms with Gasteiger partial charge in [0.05, 0.1) is 4.90 Å². The predicted molar refractivity (Wildman–Crippen MR) is 89.7 cm³/mol. The first-order valence-electron chi connectivity index (χ1n) is 6.64. The summed E-state index contributed by atoms with van der Waals surface area (Å²) in [5.41, 5.74) is 0. The number of benzene rings is 1. The number of sulfone groups is 1. The quantitative estimate of drug-likeness (QED) is 0.708. The molecule has 0 saturated carbocycles. The molecule has 0 spiro atoms. The summed E-state index contributed by atoms with van der Waals surface area (Å²) in [7, 11) is -4.02. The van der Waals surface area contributed by atoms with Gasteiger partial charge in [-0.25, -0.2) is 8.42 Å². The van der Waals surface area contributed by atoms with Crippen molar-refractivity contribution in [1.29, 1.82) is 0 Å². The lowest BCUT2D eigenvalue weighted by molar-refractivity contribution is -0.120. The third kappa shape index (κ3) is 5.47. The zero-order valence-electron chi connectivity index (χ0n) is 11.9. The van der Waals surface area contributed by atoms with Gasteiger partial charge < -0.3 is 5.32 Å². The van der Waals surface area contributed by atoms with Crippen molar-refractivity contribution in [2.45, 2.75) is 37.5 Å². The Morgan fingerprint density at radius 1 is 1.14 bits per heavy atom. The second kappa shape index (κ2) is 8.77. The minimum atomic E-state index is -4.02. The topological polar surface area (TPSA) is 63.2 Å². The van der Waals surface area contributed by atoms with E-state index >= 15 is 0 Å². The SMILES string of the molecule is CCCCCC(=O)NC(=C(Cl)Cl)S(=O)(=O)c1ccc(Cl)cc1. The molecule has 0 saturated heterocycles. The first-order valence-corrected chi connectivity index (χ1v) is 9.26. The first-order chi connectivity index (χ1) is 10.3. The monoisotopic (exact) mass is 383 g/mol. The van der Waals surface area contributed by atoms with Crippen molar-refractivity contribution in [2.24, 2.45) is 0 Å². The molecule has 8 heteroatoms. The largest absolute Gasteiger partial charge is 0.314 e. The Morgan fingerprint density at radius 2 is 1.73 bits per heavy atom. The van der Waals surface area contributed by atoms with Crippen LogP contribution in [0.4, 0.5) is 0 Å². The van der Waals surface area contributed by atoms with Gasteiger partial charge in [-0.05, 0) is 30.7 Å². The van der Waals surface area contributed by atoms with E-state index in [1.54, 1.807) is 0 Å². The van der Waals surface area contributed by atoms with Crippen LogP contribution in [0.5, 0.6) is 0 Å². The summed E-state index contributed by atoms with van der Waals surface area (Å²) >= 11 is 17.0. The zero-order chi connectivity index (χ0) is 16.8. The van der Waals surface area contributed by atoms with Crippen molar-refractivity contribution in [2.75, 3.05) is 0 Å². The molecular formula is C14H16Cl3NO3S. The molecular weight excluding hydrogens is 369 g/mol. The molecule has 0 bridgehead atoms. The fourth-order valence-electron chi connectivity index (χ4n) is 1.67. The van der Waals surface area contributed by atoms with Crippen molar-refractivity contribution in [3.05, 3.63) is 38.8 Å². The van der Waals surface area contributed by atoms with Gasteiger partial charge in [0.25, 0.3) is 0 Å². The molecule has 0 aliphatic carbocycles. The van der Waals surface area contributed by atoms with Crippen molar-refractivity contribution in [3.8, 4) is 0 Å². The van der Waals surface area contributed by atoms with Crippen LogP contribution >= 0.6 is 34.8 Å². The van der Waals surface area contributed by atoms with Crippen LogP contribution in [0.2, 0.25) is 5.02 Å². The average molecular weight is 385 g/mol. The number of carbonyl (C=O) groups excluding carboxylic acids is 1. The van der Waals surface area contributed by atoms with Crippen LogP contribution in [-0.4, -0.2) is 14.3 Å². The molecule has 0 radical (unpaired) electrons. The van der Waals surface area contributed by atoms with E-state index in [1.807, 2.05) is 6.92 Å². The van der Waals surface area contributed by atoms with E-state index in [9.17, 15) is 13.2 Å². The number of rotatable bonds is 7. The highest BCUT2D eigenvalue weighted by Crippen LogP contribution is 2.25. The van der Waals surface area contributed by atoms with Gasteiger partial charge in [-0.1, -0.05) is 54.6 Å². The van der Waals surface area contributed by atoms with E-state index in [0.717, 1.165) is 12.8 Å². The molecule has 0 aromatic heterocycles. The van der Waals surface area contributed by atoms with E-state index < -0.39 is 25.3 Å². The number of amides is 1. The highest BCUT2D eigenvalue weighted by atomic mass is 35.5. The number of carbonyl (C=O) groups is 1. The summed E-state index contributed by atoms with van der Waals surface area (Å²) < 4.78 is 24.4. The molecule has 4 nitrogen and oxygen atoms in total. The lowest BCUT2D eigenvalue weighted by atomic mass is 10.2. The molecule has 0 unspecified atom stereocenters. The standard InChI is InChI=1S/C14H16Cl3NO3S/c1-2-3-4-5-12(19)18-14(13(16)17)22(20,21)11-8-6-10(15)7-9-11/h6-9H,2-5H2,1H3,(H,18,19). The van der Waals surface area contributed by atoms with Crippen LogP contribution in [0.1, 0.15) is 32.6 Å². The summed E-state index contributed by atoms with van der Waals surface area (Å²) in [6, 6.07) is 5.49.